The number of amides is 1. The Balaban J connectivity index is 3.55. The molecular weight excluding hydrogens is 679 g/mol. The van der Waals surface area contributed by atoms with Gasteiger partial charge in [0, 0.05) is 0 Å². The number of aliphatic hydroxyl groups is 3. The minimum Gasteiger partial charge on any atom is -0.394 e. The van der Waals surface area contributed by atoms with E-state index in [-0.39, 0.29) is 18.9 Å². The largest absolute Gasteiger partial charge is 0.394 e. The molecule has 0 fully saturated rings. The molecule has 0 aromatic carbocycles. The highest BCUT2D eigenvalue weighted by Gasteiger charge is 2.21. The Morgan fingerprint density at radius 1 is 0.455 bits per heavy atom. The van der Waals surface area contributed by atoms with Crippen molar-refractivity contribution in [1.29, 1.82) is 0 Å². The van der Waals surface area contributed by atoms with Crippen molar-refractivity contribution in [2.75, 3.05) is 6.61 Å². The summed E-state index contributed by atoms with van der Waals surface area (Å²) in [5.74, 6) is -0.289. The van der Waals surface area contributed by atoms with Crippen LogP contribution in [0.1, 0.15) is 264 Å². The Morgan fingerprint density at radius 2 is 0.782 bits per heavy atom. The van der Waals surface area contributed by atoms with Gasteiger partial charge in [0.1, 0.15) is 0 Å². The first kappa shape index (κ1) is 53.8. The molecular formula is C50H97NO4. The van der Waals surface area contributed by atoms with Gasteiger partial charge in [0.15, 0.2) is 0 Å². The van der Waals surface area contributed by atoms with Crippen LogP contribution in [0.4, 0.5) is 0 Å². The van der Waals surface area contributed by atoms with Crippen molar-refractivity contribution in [3.63, 3.8) is 0 Å². The van der Waals surface area contributed by atoms with Crippen molar-refractivity contribution < 1.29 is 20.1 Å². The number of nitrogens with one attached hydrogen (secondary N) is 1. The molecule has 0 bridgehead atoms. The molecule has 0 rings (SSSR count). The van der Waals surface area contributed by atoms with Gasteiger partial charge >= 0.3 is 0 Å². The van der Waals surface area contributed by atoms with Gasteiger partial charge in [0.25, 0.3) is 0 Å². The molecule has 0 saturated carbocycles. The number of carbonyl (C=O) groups is 1. The summed E-state index contributed by atoms with van der Waals surface area (Å²) < 4.78 is 0. The lowest BCUT2D eigenvalue weighted by Crippen LogP contribution is -2.46. The van der Waals surface area contributed by atoms with Gasteiger partial charge in [-0.2, -0.15) is 0 Å². The van der Waals surface area contributed by atoms with Crippen molar-refractivity contribution in [1.82, 2.24) is 5.32 Å². The van der Waals surface area contributed by atoms with Gasteiger partial charge in [0.05, 0.1) is 31.3 Å². The number of carbonyl (C=O) groups excluding carboxylic acids is 1. The third-order valence-electron chi connectivity index (χ3n) is 11.5. The molecule has 0 aliphatic rings. The first-order valence-electron chi connectivity index (χ1n) is 24.6. The lowest BCUT2D eigenvalue weighted by Gasteiger charge is -2.23. The lowest BCUT2D eigenvalue weighted by atomic mass is 10.0. The monoisotopic (exact) mass is 776 g/mol. The molecule has 0 saturated heterocycles. The second kappa shape index (κ2) is 45.5. The molecule has 326 valence electrons. The molecule has 0 aromatic rings. The molecule has 5 nitrogen and oxygen atoms in total. The molecule has 0 radical (unpaired) electrons. The minimum absolute atomic E-state index is 0.0283. The van der Waals surface area contributed by atoms with Crippen LogP contribution in [0, 0.1) is 0 Å². The van der Waals surface area contributed by atoms with E-state index < -0.39 is 18.2 Å². The molecule has 5 heteroatoms. The topological polar surface area (TPSA) is 89.8 Å². The van der Waals surface area contributed by atoms with E-state index in [1.54, 1.807) is 0 Å². The van der Waals surface area contributed by atoms with Crippen molar-refractivity contribution in [2.24, 2.45) is 0 Å². The molecule has 0 aliphatic carbocycles. The fourth-order valence-corrected chi connectivity index (χ4v) is 7.73. The maximum absolute atomic E-state index is 12.5. The van der Waals surface area contributed by atoms with Crippen LogP contribution in [0.3, 0.4) is 0 Å². The van der Waals surface area contributed by atoms with Crippen molar-refractivity contribution in [3.05, 3.63) is 24.3 Å². The summed E-state index contributed by atoms with van der Waals surface area (Å²) in [6, 6.07) is -0.662. The molecule has 4 N–H and O–H groups in total. The second-order valence-corrected chi connectivity index (χ2v) is 17.1. The summed E-state index contributed by atoms with van der Waals surface area (Å²) in [5, 5.41) is 33.5. The van der Waals surface area contributed by atoms with E-state index in [1.165, 1.54) is 186 Å². The Kier molecular flexibility index (Phi) is 44.6. The minimum atomic E-state index is -0.752. The van der Waals surface area contributed by atoms with Gasteiger partial charge in [-0.3, -0.25) is 4.79 Å². The normalized spacial score (nSPS) is 13.6. The van der Waals surface area contributed by atoms with Gasteiger partial charge in [-0.15, -0.1) is 0 Å². The van der Waals surface area contributed by atoms with Crippen LogP contribution in [0.15, 0.2) is 24.3 Å². The van der Waals surface area contributed by atoms with E-state index in [4.69, 9.17) is 0 Å². The maximum atomic E-state index is 12.5. The van der Waals surface area contributed by atoms with Crippen LogP contribution in [0.25, 0.3) is 0 Å². The summed E-state index contributed by atoms with van der Waals surface area (Å²) in [7, 11) is 0. The van der Waals surface area contributed by atoms with E-state index in [2.05, 4.69) is 43.5 Å². The molecule has 3 unspecified atom stereocenters. The number of aliphatic hydroxyl groups excluding tert-OH is 3. The predicted octanol–water partition coefficient (Wildman–Crippen LogP) is 14.6. The van der Waals surface area contributed by atoms with Gasteiger partial charge < -0.3 is 20.6 Å². The lowest BCUT2D eigenvalue weighted by molar-refractivity contribution is -0.125. The number of hydrogen-bond acceptors (Lipinski definition) is 4. The average Bonchev–Trinajstić information content (AvgIpc) is 3.18. The van der Waals surface area contributed by atoms with E-state index in [0.29, 0.717) is 12.8 Å². The van der Waals surface area contributed by atoms with E-state index in [0.717, 1.165) is 44.9 Å². The molecule has 3 atom stereocenters. The van der Waals surface area contributed by atoms with Crippen LogP contribution < -0.4 is 5.32 Å². The summed E-state index contributed by atoms with van der Waals surface area (Å²) in [5.41, 5.74) is 0. The summed E-state index contributed by atoms with van der Waals surface area (Å²) in [6.45, 7) is 4.25. The Bertz CT molecular complexity index is 814. The van der Waals surface area contributed by atoms with Crippen LogP contribution >= 0.6 is 0 Å². The maximum Gasteiger partial charge on any atom is 0.222 e. The number of unbranched alkanes of at least 4 members (excludes halogenated alkanes) is 32. The van der Waals surface area contributed by atoms with Crippen molar-refractivity contribution in [2.45, 2.75) is 283 Å². The van der Waals surface area contributed by atoms with E-state index >= 15 is 0 Å². The molecule has 0 aromatic heterocycles. The standard InChI is InChI=1S/C50H97NO4/c1-3-5-7-9-11-13-15-17-19-20-21-22-23-24-25-26-27-28-30-32-34-36-38-40-42-44-49(54)48(46-52)51-50(55)45-47(53)43-41-39-37-35-33-31-29-18-16-14-12-10-8-6-4-2/h12,14,18,29,47-49,52-54H,3-11,13,15-17,19-28,30-46H2,1-2H3,(H,51,55)/b14-12-,29-18-. The van der Waals surface area contributed by atoms with Gasteiger partial charge in [0.2, 0.25) is 5.91 Å². The van der Waals surface area contributed by atoms with Gasteiger partial charge in [-0.25, -0.2) is 0 Å². The zero-order chi connectivity index (χ0) is 40.1. The van der Waals surface area contributed by atoms with Crippen LogP contribution in [0.2, 0.25) is 0 Å². The number of hydrogen-bond donors (Lipinski definition) is 4. The first-order chi connectivity index (χ1) is 27.0. The molecule has 0 aliphatic heterocycles. The van der Waals surface area contributed by atoms with Gasteiger partial charge in [-0.05, 0) is 44.9 Å². The average molecular weight is 776 g/mol. The Labute approximate surface area is 343 Å². The summed E-state index contributed by atoms with van der Waals surface area (Å²) >= 11 is 0. The zero-order valence-corrected chi connectivity index (χ0v) is 37.1. The molecule has 55 heavy (non-hydrogen) atoms. The highest BCUT2D eigenvalue weighted by Crippen LogP contribution is 2.17. The van der Waals surface area contributed by atoms with Crippen LogP contribution in [0.5, 0.6) is 0 Å². The highest BCUT2D eigenvalue weighted by molar-refractivity contribution is 5.76. The fraction of sp³-hybridized carbons (Fsp3) is 0.900. The van der Waals surface area contributed by atoms with E-state index in [9.17, 15) is 20.1 Å². The Morgan fingerprint density at radius 3 is 1.18 bits per heavy atom. The quantitative estimate of drug-likeness (QED) is 0.0366. The molecule has 0 heterocycles. The molecule has 0 spiro atoms. The molecule has 1 amide bonds. The highest BCUT2D eigenvalue weighted by atomic mass is 16.3. The third kappa shape index (κ3) is 42.3. The zero-order valence-electron chi connectivity index (χ0n) is 37.1. The first-order valence-corrected chi connectivity index (χ1v) is 24.6. The fourth-order valence-electron chi connectivity index (χ4n) is 7.73. The summed E-state index contributed by atoms with van der Waals surface area (Å²) in [4.78, 5) is 12.5. The van der Waals surface area contributed by atoms with Crippen LogP contribution in [-0.2, 0) is 4.79 Å². The predicted molar refractivity (Wildman–Crippen MR) is 241 cm³/mol. The Hall–Kier alpha value is -1.17. The third-order valence-corrected chi connectivity index (χ3v) is 11.5. The second-order valence-electron chi connectivity index (χ2n) is 17.1. The van der Waals surface area contributed by atoms with E-state index in [1.807, 2.05) is 0 Å². The SMILES string of the molecule is CCCCC/C=C\C/C=C\CCCCCCCC(O)CC(=O)NC(CO)C(O)CCCCCCCCCCCCCCCCCCCCCCCCCCC. The summed E-state index contributed by atoms with van der Waals surface area (Å²) in [6.07, 6.45) is 55.9. The number of allylic oxidation sites excluding steroid dienone is 4. The smallest absolute Gasteiger partial charge is 0.222 e. The van der Waals surface area contributed by atoms with Crippen LogP contribution in [-0.4, -0.2) is 46.1 Å². The van der Waals surface area contributed by atoms with Gasteiger partial charge in [-0.1, -0.05) is 237 Å². The number of rotatable bonds is 45. The van der Waals surface area contributed by atoms with Crippen molar-refractivity contribution in [3.8, 4) is 0 Å². The van der Waals surface area contributed by atoms with Crippen molar-refractivity contribution >= 4 is 5.91 Å².